The Bertz CT molecular complexity index is 1020. The lowest BCUT2D eigenvalue weighted by molar-refractivity contribution is -0.120. The minimum Gasteiger partial charge on any atom is -0.370 e. The van der Waals surface area contributed by atoms with Gasteiger partial charge in [-0.15, -0.1) is 0 Å². The van der Waals surface area contributed by atoms with E-state index in [0.29, 0.717) is 12.3 Å². The van der Waals surface area contributed by atoms with E-state index < -0.39 is 0 Å². The van der Waals surface area contributed by atoms with Crippen LogP contribution in [0.25, 0.3) is 0 Å². The van der Waals surface area contributed by atoms with Crippen LogP contribution in [-0.2, 0) is 17.8 Å². The highest BCUT2D eigenvalue weighted by Gasteiger charge is 2.53. The third-order valence-corrected chi connectivity index (χ3v) is 6.90. The van der Waals surface area contributed by atoms with Crippen molar-refractivity contribution in [1.82, 2.24) is 15.2 Å². The van der Waals surface area contributed by atoms with Crippen molar-refractivity contribution >= 4 is 11.6 Å². The normalized spacial score (nSPS) is 19.6. The summed E-state index contributed by atoms with van der Waals surface area (Å²) >= 11 is 0. The number of para-hydroxylation sites is 1. The SMILES string of the molecule is O=C(Cc1ccccc1)NCC1CN(Cc2cccnc2)CC12CN(c1ccccc1)C2. The lowest BCUT2D eigenvalue weighted by atomic mass is 9.71. The second-order valence-corrected chi connectivity index (χ2v) is 9.25. The van der Waals surface area contributed by atoms with Crippen LogP contribution in [0.2, 0.25) is 0 Å². The number of hydrogen-bond donors (Lipinski definition) is 1. The highest BCUT2D eigenvalue weighted by atomic mass is 16.1. The number of hydrogen-bond acceptors (Lipinski definition) is 4. The summed E-state index contributed by atoms with van der Waals surface area (Å²) in [6, 6.07) is 24.8. The van der Waals surface area contributed by atoms with Gasteiger partial charge >= 0.3 is 0 Å². The Balaban J connectivity index is 1.24. The van der Waals surface area contributed by atoms with Crippen LogP contribution in [0.15, 0.2) is 85.2 Å². The van der Waals surface area contributed by atoms with Gasteiger partial charge in [-0.2, -0.15) is 0 Å². The van der Waals surface area contributed by atoms with Gasteiger partial charge in [0.2, 0.25) is 5.91 Å². The standard InChI is InChI=1S/C27H30N4O/c32-26(14-22-8-3-1-4-9-22)29-16-24-18-30(17-23-10-7-13-28-15-23)19-27(24)20-31(21-27)25-11-5-2-6-12-25/h1-13,15,24H,14,16-21H2,(H,29,32). The quantitative estimate of drug-likeness (QED) is 0.629. The van der Waals surface area contributed by atoms with E-state index >= 15 is 0 Å². The van der Waals surface area contributed by atoms with Crippen LogP contribution >= 0.6 is 0 Å². The van der Waals surface area contributed by atoms with E-state index in [4.69, 9.17) is 0 Å². The minimum atomic E-state index is 0.108. The van der Waals surface area contributed by atoms with Crippen molar-refractivity contribution in [3.8, 4) is 0 Å². The fourth-order valence-corrected chi connectivity index (χ4v) is 5.27. The first-order valence-electron chi connectivity index (χ1n) is 11.4. The maximum atomic E-state index is 12.6. The number of rotatable bonds is 7. The maximum Gasteiger partial charge on any atom is 0.224 e. The molecule has 2 aliphatic rings. The number of pyridine rings is 1. The number of benzene rings is 2. The average Bonchev–Trinajstić information content (AvgIpc) is 3.17. The molecule has 1 amide bonds. The molecule has 2 aromatic carbocycles. The van der Waals surface area contributed by atoms with Gasteiger partial charge in [0.05, 0.1) is 6.42 Å². The number of nitrogens with zero attached hydrogens (tertiary/aromatic N) is 3. The van der Waals surface area contributed by atoms with Gasteiger partial charge in [-0.1, -0.05) is 54.6 Å². The molecule has 0 aliphatic carbocycles. The van der Waals surface area contributed by atoms with Gasteiger partial charge in [-0.05, 0) is 35.2 Å². The van der Waals surface area contributed by atoms with Crippen molar-refractivity contribution in [2.24, 2.45) is 11.3 Å². The zero-order valence-corrected chi connectivity index (χ0v) is 18.4. The van der Waals surface area contributed by atoms with Crippen LogP contribution in [0.1, 0.15) is 11.1 Å². The molecular formula is C27H30N4O. The minimum absolute atomic E-state index is 0.108. The summed E-state index contributed by atoms with van der Waals surface area (Å²) in [5, 5.41) is 3.24. The van der Waals surface area contributed by atoms with E-state index in [-0.39, 0.29) is 11.3 Å². The van der Waals surface area contributed by atoms with Gasteiger partial charge in [0, 0.05) is 62.8 Å². The molecule has 164 valence electrons. The highest BCUT2D eigenvalue weighted by molar-refractivity contribution is 5.78. The number of amides is 1. The van der Waals surface area contributed by atoms with Gasteiger partial charge in [0.15, 0.2) is 0 Å². The van der Waals surface area contributed by atoms with Crippen LogP contribution in [0.4, 0.5) is 5.69 Å². The molecular weight excluding hydrogens is 396 g/mol. The Kier molecular flexibility index (Phi) is 5.91. The Labute approximate surface area is 190 Å². The largest absolute Gasteiger partial charge is 0.370 e. The predicted molar refractivity (Wildman–Crippen MR) is 127 cm³/mol. The summed E-state index contributed by atoms with van der Waals surface area (Å²) in [6.45, 7) is 5.79. The summed E-state index contributed by atoms with van der Waals surface area (Å²) in [5.41, 5.74) is 3.81. The monoisotopic (exact) mass is 426 g/mol. The Hall–Kier alpha value is -3.18. The zero-order valence-electron chi connectivity index (χ0n) is 18.4. The molecule has 2 saturated heterocycles. The van der Waals surface area contributed by atoms with Crippen LogP contribution in [0.3, 0.4) is 0 Å². The van der Waals surface area contributed by atoms with Crippen molar-refractivity contribution in [3.63, 3.8) is 0 Å². The van der Waals surface area contributed by atoms with E-state index in [1.165, 1.54) is 11.3 Å². The molecule has 1 unspecified atom stereocenters. The first kappa shape index (κ1) is 20.7. The van der Waals surface area contributed by atoms with E-state index in [1.54, 1.807) is 0 Å². The summed E-state index contributed by atoms with van der Waals surface area (Å²) in [6.07, 6.45) is 4.22. The molecule has 1 N–H and O–H groups in total. The van der Waals surface area contributed by atoms with E-state index in [0.717, 1.165) is 44.8 Å². The molecule has 0 bridgehead atoms. The lowest BCUT2D eigenvalue weighted by Crippen LogP contribution is -2.62. The van der Waals surface area contributed by atoms with Gasteiger partial charge in [0.25, 0.3) is 0 Å². The van der Waals surface area contributed by atoms with Crippen LogP contribution in [-0.4, -0.2) is 48.5 Å². The fourth-order valence-electron chi connectivity index (χ4n) is 5.27. The van der Waals surface area contributed by atoms with Crippen molar-refractivity contribution < 1.29 is 4.79 Å². The number of carbonyl (C=O) groups is 1. The van der Waals surface area contributed by atoms with Crippen molar-refractivity contribution in [1.29, 1.82) is 0 Å². The molecule has 5 nitrogen and oxygen atoms in total. The van der Waals surface area contributed by atoms with Crippen molar-refractivity contribution in [2.75, 3.05) is 37.6 Å². The second kappa shape index (κ2) is 9.13. The molecule has 0 saturated carbocycles. The topological polar surface area (TPSA) is 48.5 Å². The van der Waals surface area contributed by atoms with Crippen LogP contribution < -0.4 is 10.2 Å². The molecule has 3 aromatic rings. The molecule has 0 radical (unpaired) electrons. The van der Waals surface area contributed by atoms with E-state index in [2.05, 4.69) is 56.5 Å². The smallest absolute Gasteiger partial charge is 0.224 e. The van der Waals surface area contributed by atoms with Gasteiger partial charge in [-0.3, -0.25) is 14.7 Å². The number of nitrogens with one attached hydrogen (secondary N) is 1. The summed E-state index contributed by atoms with van der Waals surface area (Å²) < 4.78 is 0. The molecule has 2 fully saturated rings. The molecule has 1 spiro atoms. The average molecular weight is 427 g/mol. The third kappa shape index (κ3) is 4.53. The van der Waals surface area contributed by atoms with E-state index in [9.17, 15) is 4.79 Å². The molecule has 5 heteroatoms. The summed E-state index contributed by atoms with van der Waals surface area (Å²) in [7, 11) is 0. The van der Waals surface area contributed by atoms with Gasteiger partial charge in [-0.25, -0.2) is 0 Å². The first-order valence-corrected chi connectivity index (χ1v) is 11.4. The van der Waals surface area contributed by atoms with Crippen molar-refractivity contribution in [2.45, 2.75) is 13.0 Å². The number of anilines is 1. The molecule has 1 aromatic heterocycles. The van der Waals surface area contributed by atoms with Gasteiger partial charge in [0.1, 0.15) is 0 Å². The number of aromatic nitrogens is 1. The zero-order chi connectivity index (χ0) is 21.8. The fraction of sp³-hybridized carbons (Fsp3) is 0.333. The Morgan fingerprint density at radius 3 is 2.38 bits per heavy atom. The number of carbonyl (C=O) groups excluding carboxylic acids is 1. The Morgan fingerprint density at radius 2 is 1.66 bits per heavy atom. The molecule has 2 aliphatic heterocycles. The third-order valence-electron chi connectivity index (χ3n) is 6.90. The van der Waals surface area contributed by atoms with Crippen LogP contribution in [0.5, 0.6) is 0 Å². The first-order chi connectivity index (χ1) is 15.7. The molecule has 32 heavy (non-hydrogen) atoms. The second-order valence-electron chi connectivity index (χ2n) is 9.25. The molecule has 1 atom stereocenters. The summed E-state index contributed by atoms with van der Waals surface area (Å²) in [4.78, 5) is 21.9. The lowest BCUT2D eigenvalue weighted by Gasteiger charge is -2.52. The van der Waals surface area contributed by atoms with Crippen molar-refractivity contribution in [3.05, 3.63) is 96.3 Å². The van der Waals surface area contributed by atoms with Crippen LogP contribution in [0, 0.1) is 11.3 Å². The van der Waals surface area contributed by atoms with E-state index in [1.807, 2.05) is 48.8 Å². The predicted octanol–water partition coefficient (Wildman–Crippen LogP) is 3.38. The Morgan fingerprint density at radius 1 is 0.938 bits per heavy atom. The molecule has 5 rings (SSSR count). The number of likely N-dealkylation sites (tertiary alicyclic amines) is 1. The molecule has 3 heterocycles. The maximum absolute atomic E-state index is 12.6. The highest BCUT2D eigenvalue weighted by Crippen LogP contribution is 2.45. The summed E-state index contributed by atoms with van der Waals surface area (Å²) in [5.74, 6) is 0.551. The van der Waals surface area contributed by atoms with Gasteiger partial charge < -0.3 is 10.2 Å².